The zero-order valence-corrected chi connectivity index (χ0v) is 14.3. The predicted molar refractivity (Wildman–Crippen MR) is 92.6 cm³/mol. The van der Waals surface area contributed by atoms with Gasteiger partial charge in [-0.15, -0.1) is 0 Å². The fraction of sp³-hybridized carbons (Fsp3) is 0.176. The Morgan fingerprint density at radius 2 is 1.88 bits per heavy atom. The third kappa shape index (κ3) is 5.54. The molecule has 0 fully saturated rings. The van der Waals surface area contributed by atoms with Crippen LogP contribution in [0.25, 0.3) is 0 Å². The van der Waals surface area contributed by atoms with Gasteiger partial charge in [0.2, 0.25) is 0 Å². The van der Waals surface area contributed by atoms with Crippen LogP contribution >= 0.6 is 11.6 Å². The van der Waals surface area contributed by atoms with Gasteiger partial charge in [-0.05, 0) is 29.8 Å². The number of rotatable bonds is 8. The summed E-state index contributed by atoms with van der Waals surface area (Å²) in [7, 11) is 0. The molecule has 0 saturated carbocycles. The van der Waals surface area contributed by atoms with Crippen molar-refractivity contribution in [1.82, 2.24) is 5.06 Å². The number of hydrogen-bond acceptors (Lipinski definition) is 5. The van der Waals surface area contributed by atoms with Gasteiger partial charge < -0.3 is 5.11 Å². The molecule has 9 heteroatoms. The first kappa shape index (κ1) is 19.4. The highest BCUT2D eigenvalue weighted by Crippen LogP contribution is 2.16. The highest BCUT2D eigenvalue weighted by atomic mass is 35.5. The van der Waals surface area contributed by atoms with Crippen molar-refractivity contribution < 1.29 is 24.5 Å². The van der Waals surface area contributed by atoms with E-state index in [1.165, 1.54) is 24.3 Å². The largest absolute Gasteiger partial charge is 0.481 e. The number of aliphatic carboxylic acids is 1. The van der Waals surface area contributed by atoms with Crippen LogP contribution in [0.2, 0.25) is 5.02 Å². The molecule has 0 aromatic heterocycles. The SMILES string of the molecule is O=C(O)CCN(OCc1cccc(Cl)c1)C(=O)c1ccc([N+](=O)[O-])cc1. The number of hydroxylamine groups is 2. The lowest BCUT2D eigenvalue weighted by Crippen LogP contribution is -2.33. The van der Waals surface area contributed by atoms with Crippen molar-refractivity contribution in [3.05, 3.63) is 74.8 Å². The summed E-state index contributed by atoms with van der Waals surface area (Å²) in [5, 5.41) is 21.0. The standard InChI is InChI=1S/C17H15ClN2O6/c18-14-3-1-2-12(10-14)11-26-19(9-8-16(21)22)17(23)13-4-6-15(7-5-13)20(24)25/h1-7,10H,8-9,11H2,(H,21,22). The third-order valence-electron chi connectivity index (χ3n) is 3.36. The first-order valence-electron chi connectivity index (χ1n) is 7.52. The second kappa shape index (κ2) is 8.93. The van der Waals surface area contributed by atoms with Crippen LogP contribution in [0.15, 0.2) is 48.5 Å². The molecular weight excluding hydrogens is 364 g/mol. The summed E-state index contributed by atoms with van der Waals surface area (Å²) in [4.78, 5) is 38.9. The Bertz CT molecular complexity index is 809. The van der Waals surface area contributed by atoms with Gasteiger partial charge in [-0.25, -0.2) is 5.06 Å². The topological polar surface area (TPSA) is 110 Å². The van der Waals surface area contributed by atoms with Crippen LogP contribution in [0.3, 0.4) is 0 Å². The van der Waals surface area contributed by atoms with Crippen LogP contribution in [-0.4, -0.2) is 33.5 Å². The minimum Gasteiger partial charge on any atom is -0.481 e. The van der Waals surface area contributed by atoms with Crippen molar-refractivity contribution in [2.75, 3.05) is 6.54 Å². The van der Waals surface area contributed by atoms with E-state index in [2.05, 4.69) is 0 Å². The Morgan fingerprint density at radius 3 is 2.46 bits per heavy atom. The number of hydrogen-bond donors (Lipinski definition) is 1. The average Bonchev–Trinajstić information content (AvgIpc) is 2.61. The molecule has 136 valence electrons. The maximum absolute atomic E-state index is 12.5. The van der Waals surface area contributed by atoms with E-state index in [0.29, 0.717) is 10.6 Å². The predicted octanol–water partition coefficient (Wildman–Crippen LogP) is 3.30. The number of carbonyl (C=O) groups excluding carboxylic acids is 1. The van der Waals surface area contributed by atoms with Crippen molar-refractivity contribution in [3.63, 3.8) is 0 Å². The first-order chi connectivity index (χ1) is 12.4. The maximum atomic E-state index is 12.5. The zero-order chi connectivity index (χ0) is 19.1. The zero-order valence-electron chi connectivity index (χ0n) is 13.5. The van der Waals surface area contributed by atoms with Gasteiger partial charge in [-0.3, -0.25) is 24.5 Å². The van der Waals surface area contributed by atoms with Crippen LogP contribution in [0.1, 0.15) is 22.3 Å². The molecule has 0 aliphatic carbocycles. The van der Waals surface area contributed by atoms with E-state index in [4.69, 9.17) is 21.5 Å². The molecule has 2 aromatic rings. The fourth-order valence-corrected chi connectivity index (χ4v) is 2.28. The average molecular weight is 379 g/mol. The van der Waals surface area contributed by atoms with Gasteiger partial charge in [0.05, 0.1) is 17.9 Å². The molecule has 0 bridgehead atoms. The van der Waals surface area contributed by atoms with E-state index in [1.807, 2.05) is 0 Å². The lowest BCUT2D eigenvalue weighted by Gasteiger charge is -2.21. The van der Waals surface area contributed by atoms with Crippen molar-refractivity contribution >= 4 is 29.2 Å². The van der Waals surface area contributed by atoms with E-state index in [1.54, 1.807) is 24.3 Å². The van der Waals surface area contributed by atoms with E-state index in [-0.39, 0.29) is 30.8 Å². The van der Waals surface area contributed by atoms with Crippen LogP contribution < -0.4 is 0 Å². The minimum atomic E-state index is -1.09. The molecule has 1 N–H and O–H groups in total. The smallest absolute Gasteiger partial charge is 0.305 e. The van der Waals surface area contributed by atoms with Crippen molar-refractivity contribution in [1.29, 1.82) is 0 Å². The Hall–Kier alpha value is -2.97. The number of nitro groups is 1. The molecule has 0 unspecified atom stereocenters. The minimum absolute atomic E-state index is 0.0128. The summed E-state index contributed by atoms with van der Waals surface area (Å²) in [6.45, 7) is -0.162. The molecule has 0 heterocycles. The molecule has 0 radical (unpaired) electrons. The summed E-state index contributed by atoms with van der Waals surface area (Å²) >= 11 is 5.89. The Labute approximate surface area is 153 Å². The number of nitrogens with zero attached hydrogens (tertiary/aromatic N) is 2. The van der Waals surface area contributed by atoms with Crippen LogP contribution in [0.4, 0.5) is 5.69 Å². The Morgan fingerprint density at radius 1 is 1.19 bits per heavy atom. The quantitative estimate of drug-likeness (QED) is 0.557. The molecule has 8 nitrogen and oxygen atoms in total. The first-order valence-corrected chi connectivity index (χ1v) is 7.90. The molecule has 0 atom stereocenters. The number of benzene rings is 2. The molecule has 1 amide bonds. The summed E-state index contributed by atoms with van der Waals surface area (Å²) in [6, 6.07) is 11.8. The molecule has 0 saturated heterocycles. The fourth-order valence-electron chi connectivity index (χ4n) is 2.07. The van der Waals surface area contributed by atoms with Gasteiger partial charge in [0, 0.05) is 22.7 Å². The monoisotopic (exact) mass is 378 g/mol. The van der Waals surface area contributed by atoms with Crippen LogP contribution in [0.5, 0.6) is 0 Å². The number of nitro benzene ring substituents is 1. The number of carboxylic acid groups (broad SMARTS) is 1. The van der Waals surface area contributed by atoms with Gasteiger partial charge in [0.25, 0.3) is 11.6 Å². The van der Waals surface area contributed by atoms with E-state index >= 15 is 0 Å². The third-order valence-corrected chi connectivity index (χ3v) is 3.59. The Kier molecular flexibility index (Phi) is 6.65. The van der Waals surface area contributed by atoms with Gasteiger partial charge in [0.15, 0.2) is 0 Å². The lowest BCUT2D eigenvalue weighted by molar-refractivity contribution is -0.384. The molecule has 0 spiro atoms. The summed E-state index contributed by atoms with van der Waals surface area (Å²) in [5.41, 5.74) is 0.694. The second-order valence-electron chi connectivity index (χ2n) is 5.26. The van der Waals surface area contributed by atoms with Crippen molar-refractivity contribution in [2.45, 2.75) is 13.0 Å². The molecule has 0 aliphatic heterocycles. The molecule has 0 aliphatic rings. The normalized spacial score (nSPS) is 10.3. The lowest BCUT2D eigenvalue weighted by atomic mass is 10.2. The summed E-state index contributed by atoms with van der Waals surface area (Å²) < 4.78 is 0. The number of halogens is 1. The molecule has 2 rings (SSSR count). The van der Waals surface area contributed by atoms with Gasteiger partial charge >= 0.3 is 5.97 Å². The highest BCUT2D eigenvalue weighted by molar-refractivity contribution is 6.30. The van der Waals surface area contributed by atoms with Crippen molar-refractivity contribution in [3.8, 4) is 0 Å². The number of carbonyl (C=O) groups is 2. The van der Waals surface area contributed by atoms with Crippen LogP contribution in [0, 0.1) is 10.1 Å². The van der Waals surface area contributed by atoms with E-state index in [0.717, 1.165) is 5.06 Å². The van der Waals surface area contributed by atoms with Gasteiger partial charge in [0.1, 0.15) is 6.61 Å². The second-order valence-corrected chi connectivity index (χ2v) is 5.69. The summed E-state index contributed by atoms with van der Waals surface area (Å²) in [6.07, 6.45) is -0.311. The maximum Gasteiger partial charge on any atom is 0.305 e. The van der Waals surface area contributed by atoms with Gasteiger partial charge in [-0.1, -0.05) is 23.7 Å². The van der Waals surface area contributed by atoms with E-state index < -0.39 is 16.8 Å². The molecule has 26 heavy (non-hydrogen) atoms. The molecular formula is C17H15ClN2O6. The van der Waals surface area contributed by atoms with Gasteiger partial charge in [-0.2, -0.15) is 0 Å². The highest BCUT2D eigenvalue weighted by Gasteiger charge is 2.19. The number of amides is 1. The summed E-state index contributed by atoms with van der Waals surface area (Å²) in [5.74, 6) is -1.68. The molecule has 2 aromatic carbocycles. The van der Waals surface area contributed by atoms with E-state index in [9.17, 15) is 19.7 Å². The van der Waals surface area contributed by atoms with Crippen molar-refractivity contribution in [2.24, 2.45) is 0 Å². The van der Waals surface area contributed by atoms with Crippen LogP contribution in [-0.2, 0) is 16.2 Å². The number of carboxylic acids is 1. The number of non-ortho nitro benzene ring substituents is 1. The Balaban J connectivity index is 2.12.